The van der Waals surface area contributed by atoms with Crippen LogP contribution in [0.4, 0.5) is 4.39 Å². The van der Waals surface area contributed by atoms with Crippen LogP contribution in [0.5, 0.6) is 5.75 Å². The average molecular weight is 211 g/mol. The number of nitrogens with two attached hydrogens (primary N) is 1. The highest BCUT2D eigenvalue weighted by Gasteiger charge is 2.17. The summed E-state index contributed by atoms with van der Waals surface area (Å²) in [6.45, 7) is 4.13. The number of methoxy groups -OCH3 is 1. The molecule has 1 rings (SSSR count). The van der Waals surface area contributed by atoms with E-state index in [2.05, 4.69) is 13.8 Å². The highest BCUT2D eigenvalue weighted by molar-refractivity contribution is 5.37. The Bertz CT molecular complexity index is 325. The maximum absolute atomic E-state index is 13.6. The Morgan fingerprint density at radius 2 is 2.07 bits per heavy atom. The van der Waals surface area contributed by atoms with Crippen LogP contribution in [0.15, 0.2) is 18.2 Å². The largest absolute Gasteiger partial charge is 0.496 e. The Hall–Kier alpha value is -1.09. The van der Waals surface area contributed by atoms with Gasteiger partial charge in [-0.05, 0) is 24.5 Å². The first-order valence-corrected chi connectivity index (χ1v) is 5.14. The fourth-order valence-corrected chi connectivity index (χ4v) is 1.68. The van der Waals surface area contributed by atoms with Crippen LogP contribution in [0.1, 0.15) is 31.9 Å². The monoisotopic (exact) mass is 211 g/mol. The van der Waals surface area contributed by atoms with Gasteiger partial charge in [0, 0.05) is 11.6 Å². The van der Waals surface area contributed by atoms with Gasteiger partial charge in [0.25, 0.3) is 0 Å². The predicted molar refractivity (Wildman–Crippen MR) is 59.3 cm³/mol. The smallest absolute Gasteiger partial charge is 0.131 e. The normalized spacial score (nSPS) is 12.9. The molecular formula is C12H18FNO. The van der Waals surface area contributed by atoms with Gasteiger partial charge in [-0.3, -0.25) is 0 Å². The van der Waals surface area contributed by atoms with E-state index >= 15 is 0 Å². The number of halogens is 1. The quantitative estimate of drug-likeness (QED) is 0.831. The van der Waals surface area contributed by atoms with Gasteiger partial charge in [-0.2, -0.15) is 0 Å². The van der Waals surface area contributed by atoms with Crippen molar-refractivity contribution in [1.29, 1.82) is 0 Å². The van der Waals surface area contributed by atoms with Crippen LogP contribution in [0.3, 0.4) is 0 Å². The molecule has 0 saturated carbocycles. The third kappa shape index (κ3) is 2.93. The van der Waals surface area contributed by atoms with E-state index in [1.54, 1.807) is 12.1 Å². The van der Waals surface area contributed by atoms with Crippen molar-refractivity contribution < 1.29 is 9.13 Å². The zero-order valence-corrected chi connectivity index (χ0v) is 9.46. The maximum Gasteiger partial charge on any atom is 0.131 e. The number of ether oxygens (including phenoxy) is 1. The van der Waals surface area contributed by atoms with Crippen molar-refractivity contribution in [2.45, 2.75) is 26.3 Å². The fraction of sp³-hybridized carbons (Fsp3) is 0.500. The maximum atomic E-state index is 13.6. The summed E-state index contributed by atoms with van der Waals surface area (Å²) in [5.41, 5.74) is 6.43. The van der Waals surface area contributed by atoms with Crippen molar-refractivity contribution in [2.24, 2.45) is 11.7 Å². The Kier molecular flexibility index (Phi) is 4.09. The van der Waals surface area contributed by atoms with Gasteiger partial charge in [-0.1, -0.05) is 19.9 Å². The average Bonchev–Trinajstić information content (AvgIpc) is 2.15. The van der Waals surface area contributed by atoms with E-state index in [1.807, 2.05) is 0 Å². The molecule has 0 fully saturated rings. The molecule has 2 N–H and O–H groups in total. The van der Waals surface area contributed by atoms with E-state index in [9.17, 15) is 4.39 Å². The summed E-state index contributed by atoms with van der Waals surface area (Å²) in [4.78, 5) is 0. The molecule has 0 heterocycles. The molecule has 15 heavy (non-hydrogen) atoms. The molecule has 0 radical (unpaired) electrons. The van der Waals surface area contributed by atoms with Crippen LogP contribution < -0.4 is 10.5 Å². The summed E-state index contributed by atoms with van der Waals surface area (Å²) in [5, 5.41) is 0. The van der Waals surface area contributed by atoms with E-state index in [1.165, 1.54) is 13.2 Å². The molecule has 0 saturated heterocycles. The van der Waals surface area contributed by atoms with E-state index in [0.29, 0.717) is 17.2 Å². The Morgan fingerprint density at radius 1 is 1.40 bits per heavy atom. The summed E-state index contributed by atoms with van der Waals surface area (Å²) in [6, 6.07) is 4.47. The van der Waals surface area contributed by atoms with Gasteiger partial charge in [-0.15, -0.1) is 0 Å². The van der Waals surface area contributed by atoms with Crippen molar-refractivity contribution in [1.82, 2.24) is 0 Å². The second-order valence-electron chi connectivity index (χ2n) is 4.09. The molecule has 3 heteroatoms. The van der Waals surface area contributed by atoms with Gasteiger partial charge in [0.15, 0.2) is 0 Å². The minimum Gasteiger partial charge on any atom is -0.496 e. The van der Waals surface area contributed by atoms with Gasteiger partial charge >= 0.3 is 0 Å². The van der Waals surface area contributed by atoms with Crippen molar-refractivity contribution in [3.63, 3.8) is 0 Å². The van der Waals surface area contributed by atoms with Crippen molar-refractivity contribution in [3.05, 3.63) is 29.6 Å². The number of rotatable bonds is 4. The van der Waals surface area contributed by atoms with Gasteiger partial charge in [0.2, 0.25) is 0 Å². The molecule has 1 aromatic rings. The van der Waals surface area contributed by atoms with Gasteiger partial charge < -0.3 is 10.5 Å². The molecular weight excluding hydrogens is 193 g/mol. The third-order valence-corrected chi connectivity index (χ3v) is 2.33. The second kappa shape index (κ2) is 5.12. The second-order valence-corrected chi connectivity index (χ2v) is 4.09. The first-order valence-electron chi connectivity index (χ1n) is 5.14. The van der Waals surface area contributed by atoms with Crippen LogP contribution in [-0.2, 0) is 0 Å². The van der Waals surface area contributed by atoms with Crippen LogP contribution >= 0.6 is 0 Å². The molecule has 0 aliphatic heterocycles. The zero-order chi connectivity index (χ0) is 11.4. The first-order chi connectivity index (χ1) is 7.06. The molecule has 84 valence electrons. The molecule has 0 aliphatic carbocycles. The summed E-state index contributed by atoms with van der Waals surface area (Å²) >= 11 is 0. The minimum absolute atomic E-state index is 0.289. The van der Waals surface area contributed by atoms with Crippen LogP contribution in [0.2, 0.25) is 0 Å². The van der Waals surface area contributed by atoms with E-state index in [4.69, 9.17) is 10.5 Å². The topological polar surface area (TPSA) is 35.2 Å². The lowest BCUT2D eigenvalue weighted by molar-refractivity contribution is 0.391. The predicted octanol–water partition coefficient (Wildman–Crippen LogP) is 2.88. The summed E-state index contributed by atoms with van der Waals surface area (Å²) < 4.78 is 18.7. The molecule has 0 unspecified atom stereocenters. The van der Waals surface area contributed by atoms with Crippen LogP contribution in [0, 0.1) is 11.7 Å². The fourth-order valence-electron chi connectivity index (χ4n) is 1.68. The standard InChI is InChI=1S/C12H18FNO/c1-8(2)7-10(14)12-9(13)5-4-6-11(12)15-3/h4-6,8,10H,7,14H2,1-3H3/t10-/m1/s1. The lowest BCUT2D eigenvalue weighted by Gasteiger charge is -2.18. The molecule has 0 spiro atoms. The minimum atomic E-state index is -0.304. The highest BCUT2D eigenvalue weighted by Crippen LogP contribution is 2.29. The SMILES string of the molecule is COc1cccc(F)c1[C@H](N)CC(C)C. The Balaban J connectivity index is 3.00. The van der Waals surface area contributed by atoms with Crippen LogP contribution in [0.25, 0.3) is 0 Å². The lowest BCUT2D eigenvalue weighted by atomic mass is 9.97. The number of hydrogen-bond acceptors (Lipinski definition) is 2. The summed E-state index contributed by atoms with van der Waals surface area (Å²) in [6.07, 6.45) is 0.747. The van der Waals surface area contributed by atoms with Crippen molar-refractivity contribution >= 4 is 0 Å². The van der Waals surface area contributed by atoms with E-state index in [-0.39, 0.29) is 11.9 Å². The van der Waals surface area contributed by atoms with Crippen molar-refractivity contribution in [2.75, 3.05) is 7.11 Å². The molecule has 0 aromatic heterocycles. The number of benzene rings is 1. The third-order valence-electron chi connectivity index (χ3n) is 2.33. The van der Waals surface area contributed by atoms with Gasteiger partial charge in [0.1, 0.15) is 11.6 Å². The van der Waals surface area contributed by atoms with Crippen LogP contribution in [-0.4, -0.2) is 7.11 Å². The Morgan fingerprint density at radius 3 is 2.60 bits per heavy atom. The molecule has 1 atom stereocenters. The van der Waals surface area contributed by atoms with Gasteiger partial charge in [-0.25, -0.2) is 4.39 Å². The summed E-state index contributed by atoms with van der Waals surface area (Å²) in [7, 11) is 1.53. The van der Waals surface area contributed by atoms with E-state index in [0.717, 1.165) is 6.42 Å². The molecule has 0 bridgehead atoms. The van der Waals surface area contributed by atoms with E-state index < -0.39 is 0 Å². The molecule has 2 nitrogen and oxygen atoms in total. The molecule has 0 aliphatic rings. The summed E-state index contributed by atoms with van der Waals surface area (Å²) in [5.74, 6) is 0.676. The zero-order valence-electron chi connectivity index (χ0n) is 9.46. The first kappa shape index (κ1) is 12.0. The van der Waals surface area contributed by atoms with Gasteiger partial charge in [0.05, 0.1) is 7.11 Å². The molecule has 1 aromatic carbocycles. The highest BCUT2D eigenvalue weighted by atomic mass is 19.1. The number of hydrogen-bond donors (Lipinski definition) is 1. The van der Waals surface area contributed by atoms with Crippen molar-refractivity contribution in [3.8, 4) is 5.75 Å². The lowest BCUT2D eigenvalue weighted by Crippen LogP contribution is -2.15. The Labute approximate surface area is 90.2 Å². The molecule has 0 amide bonds.